The van der Waals surface area contributed by atoms with E-state index in [0.29, 0.717) is 45.9 Å². The summed E-state index contributed by atoms with van der Waals surface area (Å²) in [6.07, 6.45) is 2.17. The van der Waals surface area contributed by atoms with Gasteiger partial charge in [-0.15, -0.1) is 23.0 Å². The maximum atomic E-state index is 16.0. The molecular formula is C27H23F3N6O2S. The van der Waals surface area contributed by atoms with Crippen LogP contribution in [0, 0.1) is 28.9 Å². The number of rotatable bonds is 5. The zero-order valence-corrected chi connectivity index (χ0v) is 21.5. The molecule has 1 amide bonds. The van der Waals surface area contributed by atoms with E-state index in [1.54, 1.807) is 11.0 Å². The van der Waals surface area contributed by atoms with Crippen LogP contribution in [0.1, 0.15) is 22.3 Å². The molecule has 4 heterocycles. The molecule has 8 nitrogen and oxygen atoms in total. The van der Waals surface area contributed by atoms with E-state index in [-0.39, 0.29) is 54.3 Å². The van der Waals surface area contributed by atoms with Gasteiger partial charge in [-0.3, -0.25) is 14.4 Å². The summed E-state index contributed by atoms with van der Waals surface area (Å²) in [5.41, 5.74) is 6.05. The number of fused-ring (bicyclic) bond motifs is 2. The van der Waals surface area contributed by atoms with E-state index in [0.717, 1.165) is 23.5 Å². The van der Waals surface area contributed by atoms with Crippen molar-refractivity contribution < 1.29 is 22.7 Å². The lowest BCUT2D eigenvalue weighted by atomic mass is 9.93. The van der Waals surface area contributed by atoms with Gasteiger partial charge in [0.05, 0.1) is 40.1 Å². The van der Waals surface area contributed by atoms with Crippen molar-refractivity contribution in [1.29, 1.82) is 5.26 Å². The van der Waals surface area contributed by atoms with Crippen LogP contribution in [0.15, 0.2) is 30.9 Å². The second kappa shape index (κ2) is 9.68. The number of aromatic nitrogens is 2. The zero-order chi connectivity index (χ0) is 27.4. The number of hydrogen-bond acceptors (Lipinski definition) is 7. The van der Waals surface area contributed by atoms with Crippen LogP contribution in [-0.2, 0) is 11.3 Å². The predicted molar refractivity (Wildman–Crippen MR) is 142 cm³/mol. The molecular weight excluding hydrogens is 529 g/mol. The smallest absolute Gasteiger partial charge is 0.256 e. The molecule has 12 heteroatoms. The Labute approximate surface area is 225 Å². The molecule has 1 saturated heterocycles. The van der Waals surface area contributed by atoms with Crippen molar-refractivity contribution in [1.82, 2.24) is 19.6 Å². The summed E-state index contributed by atoms with van der Waals surface area (Å²) < 4.78 is 53.2. The van der Waals surface area contributed by atoms with E-state index in [1.165, 1.54) is 10.7 Å². The summed E-state index contributed by atoms with van der Waals surface area (Å²) in [6, 6.07) is 5.29. The fourth-order valence-corrected chi connectivity index (χ4v) is 6.60. The summed E-state index contributed by atoms with van der Waals surface area (Å²) in [6.45, 7) is 6.27. The minimum Gasteiger partial charge on any atom is -0.389 e. The Balaban J connectivity index is 1.50. The zero-order valence-electron chi connectivity index (χ0n) is 20.7. The number of nitrogens with two attached hydrogens (primary N) is 1. The fraction of sp³-hybridized carbons (Fsp3) is 0.296. The number of thiophene rings is 1. The average molecular weight is 553 g/mol. The van der Waals surface area contributed by atoms with Crippen LogP contribution in [-0.4, -0.2) is 64.5 Å². The lowest BCUT2D eigenvalue weighted by molar-refractivity contribution is -0.00846. The Morgan fingerprint density at radius 1 is 1.21 bits per heavy atom. The van der Waals surface area contributed by atoms with Crippen LogP contribution in [0.25, 0.3) is 32.1 Å². The first-order valence-corrected chi connectivity index (χ1v) is 13.2. The maximum Gasteiger partial charge on any atom is 0.256 e. The first-order valence-electron chi connectivity index (χ1n) is 12.4. The quantitative estimate of drug-likeness (QED) is 0.290. The molecule has 6 rings (SSSR count). The highest BCUT2D eigenvalue weighted by Gasteiger charge is 2.36. The summed E-state index contributed by atoms with van der Waals surface area (Å²) in [4.78, 5) is 17.6. The minimum atomic E-state index is -0.952. The molecule has 4 aromatic rings. The third-order valence-electron chi connectivity index (χ3n) is 7.37. The normalized spacial score (nSPS) is 17.7. The highest BCUT2D eigenvalue weighted by atomic mass is 32.1. The molecule has 0 bridgehead atoms. The van der Waals surface area contributed by atoms with Crippen molar-refractivity contribution in [3.05, 3.63) is 59.6 Å². The molecule has 2 aromatic carbocycles. The lowest BCUT2D eigenvalue weighted by Gasteiger charge is -2.42. The second-order valence-corrected chi connectivity index (χ2v) is 10.6. The van der Waals surface area contributed by atoms with Gasteiger partial charge in [0.2, 0.25) is 5.95 Å². The van der Waals surface area contributed by atoms with Crippen molar-refractivity contribution in [3.63, 3.8) is 0 Å². The van der Waals surface area contributed by atoms with Gasteiger partial charge >= 0.3 is 0 Å². The number of amides is 1. The third-order valence-corrected chi connectivity index (χ3v) is 8.39. The van der Waals surface area contributed by atoms with E-state index in [1.807, 2.05) is 6.07 Å². The van der Waals surface area contributed by atoms with Gasteiger partial charge in [0.15, 0.2) is 0 Å². The number of carbonyl (C=O) groups is 1. The first-order chi connectivity index (χ1) is 18.8. The predicted octanol–water partition coefficient (Wildman–Crippen LogP) is 4.48. The Morgan fingerprint density at radius 2 is 2.03 bits per heavy atom. The van der Waals surface area contributed by atoms with Gasteiger partial charge < -0.3 is 15.4 Å². The van der Waals surface area contributed by atoms with Gasteiger partial charge in [0, 0.05) is 43.2 Å². The van der Waals surface area contributed by atoms with Gasteiger partial charge in [-0.1, -0.05) is 12.1 Å². The van der Waals surface area contributed by atoms with E-state index in [9.17, 15) is 14.4 Å². The number of nitriles is 1. The van der Waals surface area contributed by atoms with Gasteiger partial charge in [0.25, 0.3) is 5.91 Å². The van der Waals surface area contributed by atoms with Crippen LogP contribution in [0.5, 0.6) is 0 Å². The SMILES string of the molecule is C=CCOCN1CCN2C(=O)c3cc(F)c(-c4ccc(F)c5sc(N)c(C#N)c45)c4c(F)nn(c34)CC[C@@H]2C1. The molecule has 1 atom stereocenters. The van der Waals surface area contributed by atoms with Gasteiger partial charge in [-0.05, 0) is 24.1 Å². The molecule has 2 aromatic heterocycles. The number of nitrogen functional groups attached to an aromatic ring is 1. The van der Waals surface area contributed by atoms with Crippen LogP contribution < -0.4 is 5.73 Å². The molecule has 0 spiro atoms. The van der Waals surface area contributed by atoms with Crippen molar-refractivity contribution >= 4 is 43.2 Å². The van der Waals surface area contributed by atoms with E-state index in [4.69, 9.17) is 10.5 Å². The Hall–Kier alpha value is -3.92. The molecule has 0 unspecified atom stereocenters. The average Bonchev–Trinajstić information content (AvgIpc) is 3.43. The van der Waals surface area contributed by atoms with Crippen molar-refractivity contribution in [2.75, 3.05) is 38.7 Å². The number of benzene rings is 2. The second-order valence-electron chi connectivity index (χ2n) is 9.58. The number of aryl methyl sites for hydroxylation is 1. The molecule has 0 radical (unpaired) electrons. The molecule has 0 saturated carbocycles. The largest absolute Gasteiger partial charge is 0.389 e. The highest BCUT2D eigenvalue weighted by molar-refractivity contribution is 7.23. The Morgan fingerprint density at radius 3 is 2.79 bits per heavy atom. The summed E-state index contributed by atoms with van der Waals surface area (Å²) in [5.74, 6) is -2.86. The van der Waals surface area contributed by atoms with Crippen LogP contribution >= 0.6 is 11.3 Å². The molecule has 39 heavy (non-hydrogen) atoms. The molecule has 2 aliphatic rings. The van der Waals surface area contributed by atoms with Crippen LogP contribution in [0.2, 0.25) is 0 Å². The van der Waals surface area contributed by atoms with Crippen molar-refractivity contribution in [2.45, 2.75) is 19.0 Å². The van der Waals surface area contributed by atoms with Gasteiger partial charge in [-0.2, -0.15) is 9.65 Å². The van der Waals surface area contributed by atoms with Crippen molar-refractivity contribution in [2.24, 2.45) is 0 Å². The molecule has 2 N–H and O–H groups in total. The highest BCUT2D eigenvalue weighted by Crippen LogP contribution is 2.45. The topological polar surface area (TPSA) is 100 Å². The third kappa shape index (κ3) is 3.96. The van der Waals surface area contributed by atoms with E-state index < -0.39 is 23.5 Å². The standard InChI is InChI=1S/C27H23F3N6O2S/c1-2-9-38-13-34-7-8-35-14(12-34)5-6-36-23-16(27(35)37)10-19(29)21(22(23)25(30)33-36)15-3-4-18(28)24-20(15)17(11-31)26(32)39-24/h2-4,10,14H,1,5-9,12-13,32H2/t14-/m1/s1. The number of anilines is 1. The molecule has 2 aliphatic heterocycles. The fourth-order valence-electron chi connectivity index (χ4n) is 5.65. The minimum absolute atomic E-state index is 0.00685. The Kier molecular flexibility index (Phi) is 6.29. The molecule has 0 aliphatic carbocycles. The molecule has 1 fully saturated rings. The van der Waals surface area contributed by atoms with E-state index in [2.05, 4.69) is 16.6 Å². The number of nitrogens with zero attached hydrogens (tertiary/aromatic N) is 5. The maximum absolute atomic E-state index is 16.0. The van der Waals surface area contributed by atoms with Crippen LogP contribution in [0.4, 0.5) is 18.2 Å². The van der Waals surface area contributed by atoms with E-state index >= 15 is 8.78 Å². The Bertz CT molecular complexity index is 1710. The number of piperazine rings is 1. The summed E-state index contributed by atoms with van der Waals surface area (Å²) in [5, 5.41) is 13.7. The van der Waals surface area contributed by atoms with Gasteiger partial charge in [0.1, 0.15) is 22.7 Å². The number of ether oxygens (including phenoxy) is 1. The lowest BCUT2D eigenvalue weighted by Crippen LogP contribution is -2.56. The number of halogens is 3. The number of carbonyl (C=O) groups excluding carboxylic acids is 1. The van der Waals surface area contributed by atoms with Gasteiger partial charge in [-0.25, -0.2) is 8.78 Å². The number of hydrogen-bond donors (Lipinski definition) is 1. The van der Waals surface area contributed by atoms with Crippen LogP contribution in [0.3, 0.4) is 0 Å². The summed E-state index contributed by atoms with van der Waals surface area (Å²) >= 11 is 0.868. The summed E-state index contributed by atoms with van der Waals surface area (Å²) in [7, 11) is 0. The van der Waals surface area contributed by atoms with Crippen molar-refractivity contribution in [3.8, 4) is 17.2 Å². The first kappa shape index (κ1) is 25.4. The molecule has 200 valence electrons. The monoisotopic (exact) mass is 552 g/mol.